The Hall–Kier alpha value is -0.360. The summed E-state index contributed by atoms with van der Waals surface area (Å²) in [6.45, 7) is 8.42. The third-order valence-corrected chi connectivity index (χ3v) is 3.72. The van der Waals surface area contributed by atoms with Crippen molar-refractivity contribution in [3.05, 3.63) is 16.1 Å². The lowest BCUT2D eigenvalue weighted by Gasteiger charge is -2.25. The molecule has 1 heterocycles. The van der Waals surface area contributed by atoms with Gasteiger partial charge in [0.15, 0.2) is 0 Å². The van der Waals surface area contributed by atoms with E-state index < -0.39 is 6.04 Å². The highest BCUT2D eigenvalue weighted by Gasteiger charge is 2.27. The molecule has 1 rings (SSSR count). The van der Waals surface area contributed by atoms with Gasteiger partial charge in [0.1, 0.15) is 5.01 Å². The molecule has 0 aliphatic carbocycles. The predicted molar refractivity (Wildman–Crippen MR) is 85.3 cm³/mol. The van der Waals surface area contributed by atoms with Gasteiger partial charge in [-0.2, -0.15) is 0 Å². The first-order valence-electron chi connectivity index (χ1n) is 5.81. The number of hydrogen-bond donors (Lipinski definition) is 2. The summed E-state index contributed by atoms with van der Waals surface area (Å²) < 4.78 is 0. The van der Waals surface area contributed by atoms with E-state index in [0.29, 0.717) is 6.54 Å². The highest BCUT2D eigenvalue weighted by molar-refractivity contribution is 7.11. The third kappa shape index (κ3) is 6.56. The molecule has 0 aliphatic heterocycles. The molecule has 4 nitrogen and oxygen atoms in total. The topological polar surface area (TPSA) is 68.0 Å². The number of carbonyl (C=O) groups is 1. The number of thiazole rings is 1. The molecule has 112 valence electrons. The van der Waals surface area contributed by atoms with Gasteiger partial charge in [0.25, 0.3) is 0 Å². The number of hydrogen-bond acceptors (Lipinski definition) is 4. The van der Waals surface area contributed by atoms with E-state index in [4.69, 9.17) is 5.73 Å². The van der Waals surface area contributed by atoms with Gasteiger partial charge >= 0.3 is 0 Å². The second kappa shape index (κ2) is 8.74. The van der Waals surface area contributed by atoms with Crippen molar-refractivity contribution < 1.29 is 4.79 Å². The lowest BCUT2D eigenvalue weighted by atomic mass is 9.87. The Morgan fingerprint density at radius 3 is 2.47 bits per heavy atom. The number of amides is 1. The Morgan fingerprint density at radius 2 is 2.05 bits per heavy atom. The summed E-state index contributed by atoms with van der Waals surface area (Å²) in [5.41, 5.74) is 5.64. The van der Waals surface area contributed by atoms with E-state index >= 15 is 0 Å². The molecule has 0 aromatic carbocycles. The van der Waals surface area contributed by atoms with Crippen LogP contribution in [0.1, 0.15) is 37.6 Å². The van der Waals surface area contributed by atoms with Crippen LogP contribution in [0.15, 0.2) is 6.20 Å². The fourth-order valence-electron chi connectivity index (χ4n) is 1.26. The molecule has 0 radical (unpaired) electrons. The number of nitrogens with zero attached hydrogens (tertiary/aromatic N) is 1. The first-order chi connectivity index (χ1) is 7.84. The van der Waals surface area contributed by atoms with E-state index in [-0.39, 0.29) is 36.1 Å². The Morgan fingerprint density at radius 1 is 1.47 bits per heavy atom. The maximum absolute atomic E-state index is 11.8. The molecule has 1 aromatic heterocycles. The first kappa shape index (κ1) is 20.9. The third-order valence-electron chi connectivity index (χ3n) is 2.58. The fourth-order valence-corrected chi connectivity index (χ4v) is 2.06. The molecule has 0 saturated heterocycles. The van der Waals surface area contributed by atoms with Crippen molar-refractivity contribution in [1.29, 1.82) is 0 Å². The number of aryl methyl sites for hydroxylation is 1. The van der Waals surface area contributed by atoms with E-state index in [1.807, 2.05) is 27.0 Å². The second-order valence-electron chi connectivity index (χ2n) is 5.14. The molecule has 7 heteroatoms. The molecule has 1 atom stereocenters. The molecule has 0 saturated carbocycles. The van der Waals surface area contributed by atoms with E-state index in [1.54, 1.807) is 11.3 Å². The van der Waals surface area contributed by atoms with Gasteiger partial charge in [-0.25, -0.2) is 4.98 Å². The molecule has 0 bridgehead atoms. The smallest absolute Gasteiger partial charge is 0.237 e. The number of nitrogens with two attached hydrogens (primary N) is 1. The van der Waals surface area contributed by atoms with Crippen LogP contribution in [0.25, 0.3) is 0 Å². The van der Waals surface area contributed by atoms with Crippen molar-refractivity contribution in [2.75, 3.05) is 0 Å². The average Bonchev–Trinajstić information content (AvgIpc) is 2.71. The van der Waals surface area contributed by atoms with E-state index in [1.165, 1.54) is 4.88 Å². The van der Waals surface area contributed by atoms with Crippen LogP contribution in [-0.4, -0.2) is 16.9 Å². The van der Waals surface area contributed by atoms with Gasteiger partial charge in [-0.1, -0.05) is 27.7 Å². The summed E-state index contributed by atoms with van der Waals surface area (Å²) in [6.07, 6.45) is 2.84. The number of aromatic nitrogens is 1. The molecule has 0 unspecified atom stereocenters. The zero-order chi connectivity index (χ0) is 13.1. The largest absolute Gasteiger partial charge is 0.348 e. The minimum atomic E-state index is -0.492. The Labute approximate surface area is 131 Å². The van der Waals surface area contributed by atoms with Crippen LogP contribution in [0.5, 0.6) is 0 Å². The van der Waals surface area contributed by atoms with Gasteiger partial charge in [0, 0.05) is 11.1 Å². The summed E-state index contributed by atoms with van der Waals surface area (Å²) >= 11 is 1.63. The van der Waals surface area contributed by atoms with Crippen molar-refractivity contribution in [3.8, 4) is 0 Å². The predicted octanol–water partition coefficient (Wildman–Crippen LogP) is 2.54. The van der Waals surface area contributed by atoms with Crippen LogP contribution in [0, 0.1) is 5.41 Å². The fraction of sp³-hybridized carbons (Fsp3) is 0.667. The van der Waals surface area contributed by atoms with Gasteiger partial charge < -0.3 is 11.1 Å². The maximum Gasteiger partial charge on any atom is 0.237 e. The molecule has 19 heavy (non-hydrogen) atoms. The summed E-state index contributed by atoms with van der Waals surface area (Å²) in [4.78, 5) is 17.3. The van der Waals surface area contributed by atoms with Gasteiger partial charge in [-0.05, 0) is 11.8 Å². The molecule has 0 fully saturated rings. The number of nitrogens with one attached hydrogen (secondary N) is 1. The summed E-state index contributed by atoms with van der Waals surface area (Å²) in [5.74, 6) is -0.120. The summed E-state index contributed by atoms with van der Waals surface area (Å²) in [6, 6.07) is -0.492. The quantitative estimate of drug-likeness (QED) is 0.892. The van der Waals surface area contributed by atoms with Crippen LogP contribution < -0.4 is 11.1 Å². The Bertz CT molecular complexity index is 391. The van der Waals surface area contributed by atoms with E-state index in [0.717, 1.165) is 11.4 Å². The average molecular weight is 328 g/mol. The van der Waals surface area contributed by atoms with Crippen LogP contribution in [-0.2, 0) is 17.8 Å². The van der Waals surface area contributed by atoms with E-state index in [9.17, 15) is 4.79 Å². The van der Waals surface area contributed by atoms with Crippen LogP contribution in [0.4, 0.5) is 0 Å². The zero-order valence-electron chi connectivity index (χ0n) is 11.7. The monoisotopic (exact) mass is 327 g/mol. The van der Waals surface area contributed by atoms with Gasteiger partial charge in [0.2, 0.25) is 5.91 Å². The van der Waals surface area contributed by atoms with Crippen molar-refractivity contribution in [2.45, 2.75) is 46.7 Å². The van der Waals surface area contributed by atoms with Crippen molar-refractivity contribution in [3.63, 3.8) is 0 Å². The standard InChI is InChI=1S/C12H21N3OS.2ClH/c1-5-8-6-14-9(17-8)7-15-11(16)10(13)12(2,3)4;;/h6,10H,5,7,13H2,1-4H3,(H,15,16);2*1H/t10-;;/m1../s1. The van der Waals surface area contributed by atoms with Gasteiger partial charge in [-0.3, -0.25) is 4.79 Å². The zero-order valence-corrected chi connectivity index (χ0v) is 14.2. The highest BCUT2D eigenvalue weighted by Crippen LogP contribution is 2.18. The lowest BCUT2D eigenvalue weighted by molar-refractivity contribution is -0.124. The molecular formula is C12H23Cl2N3OS. The SMILES string of the molecule is CCc1cnc(CNC(=O)[C@@H](N)C(C)(C)C)s1.Cl.Cl. The molecule has 3 N–H and O–H groups in total. The molecule has 0 spiro atoms. The molecule has 0 aliphatic rings. The summed E-state index contributed by atoms with van der Waals surface area (Å²) in [7, 11) is 0. The van der Waals surface area contributed by atoms with Crippen LogP contribution in [0.2, 0.25) is 0 Å². The van der Waals surface area contributed by atoms with Crippen molar-refractivity contribution in [1.82, 2.24) is 10.3 Å². The lowest BCUT2D eigenvalue weighted by Crippen LogP contribution is -2.48. The van der Waals surface area contributed by atoms with Crippen molar-refractivity contribution >= 4 is 42.1 Å². The second-order valence-corrected chi connectivity index (χ2v) is 6.34. The molecular weight excluding hydrogens is 305 g/mol. The molecule has 1 amide bonds. The normalized spacial score (nSPS) is 12.1. The van der Waals surface area contributed by atoms with Crippen molar-refractivity contribution in [2.24, 2.45) is 11.1 Å². The minimum Gasteiger partial charge on any atom is -0.348 e. The number of carbonyl (C=O) groups excluding carboxylic acids is 1. The van der Waals surface area contributed by atoms with Crippen LogP contribution >= 0.6 is 36.2 Å². The maximum atomic E-state index is 11.8. The van der Waals surface area contributed by atoms with Gasteiger partial charge in [-0.15, -0.1) is 36.2 Å². The summed E-state index contributed by atoms with van der Waals surface area (Å²) in [5, 5.41) is 3.75. The first-order valence-corrected chi connectivity index (χ1v) is 6.63. The molecule has 1 aromatic rings. The van der Waals surface area contributed by atoms with E-state index in [2.05, 4.69) is 17.2 Å². The minimum absolute atomic E-state index is 0. The van der Waals surface area contributed by atoms with Gasteiger partial charge in [0.05, 0.1) is 12.6 Å². The Kier molecular flexibility index (Phi) is 9.64. The highest BCUT2D eigenvalue weighted by atomic mass is 35.5. The number of halogens is 2. The van der Waals surface area contributed by atoms with Crippen LogP contribution in [0.3, 0.4) is 0 Å². The Balaban J connectivity index is 0. The number of rotatable bonds is 4.